The van der Waals surface area contributed by atoms with Gasteiger partial charge in [-0.2, -0.15) is 0 Å². The van der Waals surface area contributed by atoms with Crippen molar-refractivity contribution in [3.63, 3.8) is 0 Å². The smallest absolute Gasteiger partial charge is 0.309 e. The van der Waals surface area contributed by atoms with Crippen LogP contribution in [0.3, 0.4) is 0 Å². The molecule has 1 heterocycles. The molecule has 0 spiro atoms. The van der Waals surface area contributed by atoms with Gasteiger partial charge in [0.2, 0.25) is 0 Å². The predicted octanol–water partition coefficient (Wildman–Crippen LogP) is 0.885. The van der Waals surface area contributed by atoms with Gasteiger partial charge in [-0.15, -0.1) is 0 Å². The maximum Gasteiger partial charge on any atom is 0.309 e. The number of hydrogen-bond acceptors (Lipinski definition) is 3. The second kappa shape index (κ2) is 4.28. The van der Waals surface area contributed by atoms with Gasteiger partial charge < -0.3 is 14.9 Å². The zero-order chi connectivity index (χ0) is 10.8. The lowest BCUT2D eigenvalue weighted by Crippen LogP contribution is -2.46. The molecular weight excluding hydrogens is 184 g/mol. The van der Waals surface area contributed by atoms with Crippen LogP contribution in [0, 0.1) is 11.8 Å². The molecule has 0 bridgehead atoms. The second-order valence-corrected chi connectivity index (χ2v) is 4.17. The third-order valence-electron chi connectivity index (χ3n) is 3.29. The quantitative estimate of drug-likeness (QED) is 0.713. The molecule has 1 aliphatic heterocycles. The summed E-state index contributed by atoms with van der Waals surface area (Å²) in [5, 5.41) is 19.0. The lowest BCUT2D eigenvalue weighted by atomic mass is 9.75. The van der Waals surface area contributed by atoms with Crippen LogP contribution >= 0.6 is 0 Å². The van der Waals surface area contributed by atoms with E-state index in [9.17, 15) is 9.90 Å². The third-order valence-corrected chi connectivity index (χ3v) is 3.29. The van der Waals surface area contributed by atoms with Gasteiger partial charge in [-0.3, -0.25) is 4.79 Å². The topological polar surface area (TPSA) is 66.8 Å². The van der Waals surface area contributed by atoms with E-state index in [0.29, 0.717) is 13.2 Å². The molecule has 2 unspecified atom stereocenters. The molecule has 0 aliphatic carbocycles. The molecule has 1 rings (SSSR count). The van der Waals surface area contributed by atoms with Crippen molar-refractivity contribution in [1.82, 2.24) is 0 Å². The zero-order valence-electron chi connectivity index (χ0n) is 8.69. The average molecular weight is 202 g/mol. The summed E-state index contributed by atoms with van der Waals surface area (Å²) < 4.78 is 5.18. The van der Waals surface area contributed by atoms with Crippen molar-refractivity contribution in [1.29, 1.82) is 0 Å². The Hall–Kier alpha value is -0.610. The molecule has 0 saturated carbocycles. The summed E-state index contributed by atoms with van der Waals surface area (Å²) in [6.07, 6.45) is 1.48. The van der Waals surface area contributed by atoms with E-state index in [2.05, 4.69) is 0 Å². The lowest BCUT2D eigenvalue weighted by molar-refractivity contribution is -0.157. The molecule has 1 saturated heterocycles. The molecule has 4 nitrogen and oxygen atoms in total. The van der Waals surface area contributed by atoms with Crippen LogP contribution in [0.2, 0.25) is 0 Å². The summed E-state index contributed by atoms with van der Waals surface area (Å²) in [6, 6.07) is 0. The van der Waals surface area contributed by atoms with E-state index < -0.39 is 17.5 Å². The van der Waals surface area contributed by atoms with Gasteiger partial charge in [-0.1, -0.05) is 0 Å². The predicted molar refractivity (Wildman–Crippen MR) is 51.0 cm³/mol. The molecule has 0 aromatic rings. The van der Waals surface area contributed by atoms with Crippen LogP contribution < -0.4 is 0 Å². The number of aliphatic carboxylic acids is 1. The number of ether oxygens (including phenoxy) is 1. The van der Waals surface area contributed by atoms with Gasteiger partial charge in [0, 0.05) is 13.2 Å². The van der Waals surface area contributed by atoms with Crippen molar-refractivity contribution in [2.24, 2.45) is 11.8 Å². The van der Waals surface area contributed by atoms with Crippen LogP contribution in [0.15, 0.2) is 0 Å². The summed E-state index contributed by atoms with van der Waals surface area (Å²) in [4.78, 5) is 10.8. The number of carbonyl (C=O) groups is 1. The average Bonchev–Trinajstić information content (AvgIpc) is 2.18. The highest BCUT2D eigenvalue weighted by molar-refractivity contribution is 5.71. The Kier molecular flexibility index (Phi) is 3.50. The summed E-state index contributed by atoms with van der Waals surface area (Å²) in [7, 11) is 0. The highest BCUT2D eigenvalue weighted by Gasteiger charge is 2.41. The molecule has 82 valence electrons. The van der Waals surface area contributed by atoms with Crippen LogP contribution in [-0.2, 0) is 9.53 Å². The standard InChI is InChI=1S/C10H18O4/c1-7(9(11)12)10(2,13)8-3-5-14-6-4-8/h7-8,13H,3-6H2,1-2H3,(H,11,12). The number of aliphatic hydroxyl groups is 1. The van der Waals surface area contributed by atoms with Crippen molar-refractivity contribution >= 4 is 5.97 Å². The van der Waals surface area contributed by atoms with E-state index in [1.165, 1.54) is 0 Å². The van der Waals surface area contributed by atoms with Crippen molar-refractivity contribution in [2.45, 2.75) is 32.3 Å². The van der Waals surface area contributed by atoms with E-state index in [1.807, 2.05) is 0 Å². The van der Waals surface area contributed by atoms with Crippen molar-refractivity contribution in [3.8, 4) is 0 Å². The third kappa shape index (κ3) is 2.25. The molecule has 2 N–H and O–H groups in total. The largest absolute Gasteiger partial charge is 0.481 e. The van der Waals surface area contributed by atoms with E-state index in [1.54, 1.807) is 13.8 Å². The monoisotopic (exact) mass is 202 g/mol. The first-order valence-electron chi connectivity index (χ1n) is 4.99. The van der Waals surface area contributed by atoms with E-state index in [4.69, 9.17) is 9.84 Å². The summed E-state index contributed by atoms with van der Waals surface area (Å²) >= 11 is 0. The van der Waals surface area contributed by atoms with E-state index in [-0.39, 0.29) is 5.92 Å². The Bertz CT molecular complexity index is 206. The summed E-state index contributed by atoms with van der Waals surface area (Å²) in [6.45, 7) is 4.40. The Morgan fingerprint density at radius 3 is 2.43 bits per heavy atom. The molecule has 0 aromatic heterocycles. The molecular formula is C10H18O4. The summed E-state index contributed by atoms with van der Waals surface area (Å²) in [5.41, 5.74) is -1.13. The Labute approximate surface area is 83.9 Å². The zero-order valence-corrected chi connectivity index (χ0v) is 8.69. The molecule has 1 aliphatic rings. The van der Waals surface area contributed by atoms with Gasteiger partial charge in [-0.25, -0.2) is 0 Å². The van der Waals surface area contributed by atoms with Crippen LogP contribution in [-0.4, -0.2) is 35.0 Å². The highest BCUT2D eigenvalue weighted by Crippen LogP contribution is 2.33. The van der Waals surface area contributed by atoms with Gasteiger partial charge >= 0.3 is 5.97 Å². The van der Waals surface area contributed by atoms with Gasteiger partial charge in [0.05, 0.1) is 11.5 Å². The first-order valence-corrected chi connectivity index (χ1v) is 4.99. The Morgan fingerprint density at radius 1 is 1.50 bits per heavy atom. The molecule has 1 fully saturated rings. The molecule has 14 heavy (non-hydrogen) atoms. The lowest BCUT2D eigenvalue weighted by Gasteiger charge is -2.38. The van der Waals surface area contributed by atoms with Crippen LogP contribution in [0.5, 0.6) is 0 Å². The SMILES string of the molecule is CC(C(=O)O)C(C)(O)C1CCOCC1. The molecule has 2 atom stereocenters. The number of carboxylic acids is 1. The Morgan fingerprint density at radius 2 is 2.00 bits per heavy atom. The minimum atomic E-state index is -1.13. The minimum Gasteiger partial charge on any atom is -0.481 e. The maximum absolute atomic E-state index is 10.8. The Balaban J connectivity index is 2.66. The fourth-order valence-electron chi connectivity index (χ4n) is 1.89. The van der Waals surface area contributed by atoms with E-state index >= 15 is 0 Å². The normalized spacial score (nSPS) is 25.4. The fourth-order valence-corrected chi connectivity index (χ4v) is 1.89. The molecule has 4 heteroatoms. The van der Waals surface area contributed by atoms with Gasteiger partial charge in [0.1, 0.15) is 0 Å². The van der Waals surface area contributed by atoms with Gasteiger partial charge in [0.15, 0.2) is 0 Å². The first-order chi connectivity index (χ1) is 6.46. The van der Waals surface area contributed by atoms with E-state index in [0.717, 1.165) is 12.8 Å². The number of carboxylic acid groups (broad SMARTS) is 1. The molecule has 0 radical (unpaired) electrons. The fraction of sp³-hybridized carbons (Fsp3) is 0.900. The summed E-state index contributed by atoms with van der Waals surface area (Å²) in [5.74, 6) is -1.64. The van der Waals surface area contributed by atoms with Crippen LogP contribution in [0.1, 0.15) is 26.7 Å². The van der Waals surface area contributed by atoms with Crippen LogP contribution in [0.25, 0.3) is 0 Å². The first kappa shape index (κ1) is 11.5. The number of rotatable bonds is 3. The minimum absolute atomic E-state index is 0.0300. The molecule has 0 amide bonds. The van der Waals surface area contributed by atoms with Gasteiger partial charge in [-0.05, 0) is 32.6 Å². The maximum atomic E-state index is 10.8. The molecule has 0 aromatic carbocycles. The van der Waals surface area contributed by atoms with Gasteiger partial charge in [0.25, 0.3) is 0 Å². The van der Waals surface area contributed by atoms with Crippen molar-refractivity contribution in [3.05, 3.63) is 0 Å². The van der Waals surface area contributed by atoms with Crippen molar-refractivity contribution in [2.75, 3.05) is 13.2 Å². The number of hydrogen-bond donors (Lipinski definition) is 2. The second-order valence-electron chi connectivity index (χ2n) is 4.17. The van der Waals surface area contributed by atoms with Crippen molar-refractivity contribution < 1.29 is 19.7 Å². The highest BCUT2D eigenvalue weighted by atomic mass is 16.5. The van der Waals surface area contributed by atoms with Crippen LogP contribution in [0.4, 0.5) is 0 Å².